The average molecular weight is 213 g/mol. The first-order valence-corrected chi connectivity index (χ1v) is 4.20. The molecule has 0 radical (unpaired) electrons. The highest BCUT2D eigenvalue weighted by molar-refractivity contribution is 5.96. The number of aliphatic hydroxyl groups excluding tert-OH is 1. The Hall–Kier alpha value is -1.82. The molecule has 0 bridgehead atoms. The maximum Gasteiger partial charge on any atom is 0.330 e. The van der Waals surface area contributed by atoms with E-state index in [0.717, 1.165) is 0 Å². The van der Waals surface area contributed by atoms with E-state index in [-0.39, 0.29) is 5.56 Å². The van der Waals surface area contributed by atoms with E-state index in [2.05, 4.69) is 10.1 Å². The van der Waals surface area contributed by atoms with Gasteiger partial charge >= 0.3 is 5.97 Å². The Morgan fingerprint density at radius 1 is 1.67 bits per heavy atom. The molecule has 6 heteroatoms. The molecule has 0 aliphatic carbocycles. The van der Waals surface area contributed by atoms with Crippen LogP contribution in [0.1, 0.15) is 10.4 Å². The van der Waals surface area contributed by atoms with Gasteiger partial charge in [-0.15, -0.1) is 0 Å². The third-order valence-electron chi connectivity index (χ3n) is 1.76. The number of ether oxygens (including phenoxy) is 1. The zero-order valence-corrected chi connectivity index (χ0v) is 8.10. The SMILES string of the molecule is COC(=O)C(CO)NC(=O)c1ccoc1. The number of furan rings is 1. The average Bonchev–Trinajstić information content (AvgIpc) is 2.77. The molecule has 1 amide bonds. The first kappa shape index (κ1) is 11.3. The molecule has 1 aromatic heterocycles. The van der Waals surface area contributed by atoms with Crippen molar-refractivity contribution in [3.63, 3.8) is 0 Å². The lowest BCUT2D eigenvalue weighted by Crippen LogP contribution is -2.43. The molecule has 1 aromatic rings. The van der Waals surface area contributed by atoms with Crippen molar-refractivity contribution in [3.05, 3.63) is 24.2 Å². The number of methoxy groups -OCH3 is 1. The molecule has 2 N–H and O–H groups in total. The number of aliphatic hydroxyl groups is 1. The van der Waals surface area contributed by atoms with Gasteiger partial charge in [-0.1, -0.05) is 0 Å². The second-order valence-electron chi connectivity index (χ2n) is 2.74. The van der Waals surface area contributed by atoms with Gasteiger partial charge in [-0.2, -0.15) is 0 Å². The molecule has 0 saturated carbocycles. The topological polar surface area (TPSA) is 88.8 Å². The van der Waals surface area contributed by atoms with Crippen molar-refractivity contribution in [2.24, 2.45) is 0 Å². The second kappa shape index (κ2) is 5.16. The molecule has 0 saturated heterocycles. The molecule has 1 heterocycles. The normalized spacial score (nSPS) is 11.9. The highest BCUT2D eigenvalue weighted by atomic mass is 16.5. The number of carbonyl (C=O) groups excluding carboxylic acids is 2. The van der Waals surface area contributed by atoms with Crippen molar-refractivity contribution in [1.82, 2.24) is 5.32 Å². The summed E-state index contributed by atoms with van der Waals surface area (Å²) in [5.41, 5.74) is 0.275. The third kappa shape index (κ3) is 2.81. The lowest BCUT2D eigenvalue weighted by molar-refractivity contribution is -0.143. The molecule has 82 valence electrons. The van der Waals surface area contributed by atoms with E-state index in [0.29, 0.717) is 0 Å². The summed E-state index contributed by atoms with van der Waals surface area (Å²) in [4.78, 5) is 22.4. The minimum Gasteiger partial charge on any atom is -0.472 e. The minimum absolute atomic E-state index is 0.275. The van der Waals surface area contributed by atoms with Gasteiger partial charge in [0, 0.05) is 0 Å². The van der Waals surface area contributed by atoms with E-state index in [1.54, 1.807) is 0 Å². The predicted octanol–water partition coefficient (Wildman–Crippen LogP) is -0.457. The Labute approximate surface area is 85.8 Å². The maximum absolute atomic E-state index is 11.4. The monoisotopic (exact) mass is 213 g/mol. The summed E-state index contributed by atoms with van der Waals surface area (Å²) in [5, 5.41) is 11.1. The highest BCUT2D eigenvalue weighted by Gasteiger charge is 2.21. The number of carbonyl (C=O) groups is 2. The standard InChI is InChI=1S/C9H11NO5/c1-14-9(13)7(4-11)10-8(12)6-2-3-15-5-6/h2-3,5,7,11H,4H2,1H3,(H,10,12). The first-order valence-electron chi connectivity index (χ1n) is 4.20. The van der Waals surface area contributed by atoms with Crippen molar-refractivity contribution in [2.75, 3.05) is 13.7 Å². The fourth-order valence-corrected chi connectivity index (χ4v) is 0.957. The first-order chi connectivity index (χ1) is 7.19. The Morgan fingerprint density at radius 2 is 2.40 bits per heavy atom. The molecule has 1 atom stereocenters. The second-order valence-corrected chi connectivity index (χ2v) is 2.74. The van der Waals surface area contributed by atoms with E-state index in [9.17, 15) is 9.59 Å². The van der Waals surface area contributed by atoms with Crippen molar-refractivity contribution in [3.8, 4) is 0 Å². The van der Waals surface area contributed by atoms with Gasteiger partial charge in [0.25, 0.3) is 5.91 Å². The van der Waals surface area contributed by atoms with Crippen LogP contribution in [-0.2, 0) is 9.53 Å². The Balaban J connectivity index is 2.60. The lowest BCUT2D eigenvalue weighted by Gasteiger charge is -2.12. The minimum atomic E-state index is -1.06. The zero-order valence-electron chi connectivity index (χ0n) is 8.10. The van der Waals surface area contributed by atoms with Crippen molar-refractivity contribution in [1.29, 1.82) is 0 Å². The lowest BCUT2D eigenvalue weighted by atomic mass is 10.2. The zero-order chi connectivity index (χ0) is 11.3. The Bertz CT molecular complexity index is 332. The maximum atomic E-state index is 11.4. The third-order valence-corrected chi connectivity index (χ3v) is 1.76. The van der Waals surface area contributed by atoms with Gasteiger partial charge in [-0.25, -0.2) is 4.79 Å². The van der Waals surface area contributed by atoms with Gasteiger partial charge in [-0.3, -0.25) is 4.79 Å². The number of esters is 1. The summed E-state index contributed by atoms with van der Waals surface area (Å²) in [7, 11) is 1.18. The van der Waals surface area contributed by atoms with Gasteiger partial charge in [0.2, 0.25) is 0 Å². The van der Waals surface area contributed by atoms with E-state index >= 15 is 0 Å². The van der Waals surface area contributed by atoms with Crippen molar-refractivity contribution >= 4 is 11.9 Å². The van der Waals surface area contributed by atoms with Crippen LogP contribution in [0.2, 0.25) is 0 Å². The van der Waals surface area contributed by atoms with Crippen LogP contribution in [0, 0.1) is 0 Å². The molecule has 0 fully saturated rings. The summed E-state index contributed by atoms with van der Waals surface area (Å²) in [6, 6.07) is 0.388. The smallest absolute Gasteiger partial charge is 0.330 e. The van der Waals surface area contributed by atoms with Gasteiger partial charge in [0.05, 0.1) is 25.5 Å². The molecule has 6 nitrogen and oxygen atoms in total. The van der Waals surface area contributed by atoms with Crippen LogP contribution in [0.3, 0.4) is 0 Å². The predicted molar refractivity (Wildman–Crippen MR) is 49.1 cm³/mol. The van der Waals surface area contributed by atoms with E-state index in [1.807, 2.05) is 0 Å². The molecule has 0 spiro atoms. The summed E-state index contributed by atoms with van der Waals surface area (Å²) >= 11 is 0. The number of rotatable bonds is 4. The van der Waals surface area contributed by atoms with Gasteiger partial charge in [-0.05, 0) is 6.07 Å². The van der Waals surface area contributed by atoms with Crippen LogP contribution in [-0.4, -0.2) is 36.7 Å². The van der Waals surface area contributed by atoms with E-state index in [1.165, 1.54) is 25.7 Å². The quantitative estimate of drug-likeness (QED) is 0.661. The van der Waals surface area contributed by atoms with Crippen LogP contribution in [0.25, 0.3) is 0 Å². The van der Waals surface area contributed by atoms with Gasteiger partial charge in [0.15, 0.2) is 6.04 Å². The van der Waals surface area contributed by atoms with E-state index < -0.39 is 24.5 Å². The summed E-state index contributed by atoms with van der Waals surface area (Å²) in [5.74, 6) is -1.21. The Kier molecular flexibility index (Phi) is 3.87. The fourth-order valence-electron chi connectivity index (χ4n) is 0.957. The summed E-state index contributed by atoms with van der Waals surface area (Å²) in [6.07, 6.45) is 2.57. The molecule has 0 aliphatic heterocycles. The molecular weight excluding hydrogens is 202 g/mol. The molecule has 0 aromatic carbocycles. The summed E-state index contributed by atoms with van der Waals surface area (Å²) in [6.45, 7) is -0.518. The largest absolute Gasteiger partial charge is 0.472 e. The van der Waals surface area contributed by atoms with Crippen LogP contribution in [0.5, 0.6) is 0 Å². The van der Waals surface area contributed by atoms with Crippen LogP contribution in [0.15, 0.2) is 23.0 Å². The molecule has 1 rings (SSSR count). The number of hydrogen-bond donors (Lipinski definition) is 2. The number of amides is 1. The van der Waals surface area contributed by atoms with Gasteiger partial charge in [0.1, 0.15) is 6.26 Å². The highest BCUT2D eigenvalue weighted by Crippen LogP contribution is 2.00. The van der Waals surface area contributed by atoms with Crippen LogP contribution >= 0.6 is 0 Å². The van der Waals surface area contributed by atoms with Gasteiger partial charge < -0.3 is 19.6 Å². The molecule has 1 unspecified atom stereocenters. The van der Waals surface area contributed by atoms with Crippen molar-refractivity contribution < 1.29 is 23.8 Å². The fraction of sp³-hybridized carbons (Fsp3) is 0.333. The number of nitrogens with one attached hydrogen (secondary N) is 1. The molecular formula is C9H11NO5. The molecule has 0 aliphatic rings. The Morgan fingerprint density at radius 3 is 2.87 bits per heavy atom. The number of hydrogen-bond acceptors (Lipinski definition) is 5. The van der Waals surface area contributed by atoms with E-state index in [4.69, 9.17) is 9.52 Å². The van der Waals surface area contributed by atoms with Crippen molar-refractivity contribution in [2.45, 2.75) is 6.04 Å². The summed E-state index contributed by atoms with van der Waals surface area (Å²) < 4.78 is 9.08. The van der Waals surface area contributed by atoms with Crippen LogP contribution < -0.4 is 5.32 Å². The van der Waals surface area contributed by atoms with Crippen LogP contribution in [0.4, 0.5) is 0 Å². The molecule has 15 heavy (non-hydrogen) atoms.